The lowest BCUT2D eigenvalue weighted by Gasteiger charge is -2.11. The molecule has 0 aliphatic carbocycles. The second-order valence-electron chi connectivity index (χ2n) is 3.16. The van der Waals surface area contributed by atoms with Crippen molar-refractivity contribution < 1.29 is 4.39 Å². The molecule has 1 nitrogen and oxygen atoms in total. The van der Waals surface area contributed by atoms with E-state index in [1.807, 2.05) is 17.5 Å². The fraction of sp³-hybridized carbons (Fsp3) is 0.0909. The van der Waals surface area contributed by atoms with Crippen molar-refractivity contribution in [2.45, 2.75) is 6.04 Å². The van der Waals surface area contributed by atoms with Gasteiger partial charge in [-0.15, -0.1) is 11.3 Å². The Hall–Kier alpha value is -0.900. The third-order valence-electron chi connectivity index (χ3n) is 2.14. The van der Waals surface area contributed by atoms with Crippen LogP contribution in [0.4, 0.5) is 4.39 Å². The van der Waals surface area contributed by atoms with E-state index in [4.69, 9.17) is 17.3 Å². The van der Waals surface area contributed by atoms with Crippen LogP contribution in [-0.2, 0) is 0 Å². The van der Waals surface area contributed by atoms with Crippen LogP contribution in [0.1, 0.15) is 16.5 Å². The maximum Gasteiger partial charge on any atom is 0.128 e. The number of benzene rings is 1. The minimum Gasteiger partial charge on any atom is -0.320 e. The highest BCUT2D eigenvalue weighted by atomic mass is 35.5. The normalized spacial score (nSPS) is 12.7. The van der Waals surface area contributed by atoms with Gasteiger partial charge in [-0.25, -0.2) is 4.39 Å². The SMILES string of the molecule is NC(c1cccs1)c1cc(Cl)ccc1F. The Morgan fingerprint density at radius 2 is 2.13 bits per heavy atom. The Labute approximate surface area is 96.3 Å². The number of hydrogen-bond donors (Lipinski definition) is 1. The zero-order valence-corrected chi connectivity index (χ0v) is 9.36. The fourth-order valence-corrected chi connectivity index (χ4v) is 2.30. The summed E-state index contributed by atoms with van der Waals surface area (Å²) in [6.07, 6.45) is 0. The first-order valence-electron chi connectivity index (χ1n) is 4.42. The summed E-state index contributed by atoms with van der Waals surface area (Å²) in [6, 6.07) is 7.76. The van der Waals surface area contributed by atoms with Crippen LogP contribution in [0.3, 0.4) is 0 Å². The lowest BCUT2D eigenvalue weighted by Crippen LogP contribution is -2.12. The topological polar surface area (TPSA) is 26.0 Å². The van der Waals surface area contributed by atoms with Crippen molar-refractivity contribution in [3.05, 3.63) is 57.0 Å². The van der Waals surface area contributed by atoms with E-state index in [2.05, 4.69) is 0 Å². The molecule has 0 spiro atoms. The van der Waals surface area contributed by atoms with Crippen LogP contribution in [0.5, 0.6) is 0 Å². The van der Waals surface area contributed by atoms with E-state index in [9.17, 15) is 4.39 Å². The summed E-state index contributed by atoms with van der Waals surface area (Å²) in [6.45, 7) is 0. The molecule has 1 aromatic carbocycles. The predicted molar refractivity (Wildman–Crippen MR) is 61.8 cm³/mol. The van der Waals surface area contributed by atoms with Crippen LogP contribution < -0.4 is 5.73 Å². The van der Waals surface area contributed by atoms with E-state index in [0.717, 1.165) is 4.88 Å². The molecule has 0 amide bonds. The maximum atomic E-state index is 13.5. The van der Waals surface area contributed by atoms with Crippen LogP contribution in [0.15, 0.2) is 35.7 Å². The Kier molecular flexibility index (Phi) is 3.05. The molecule has 4 heteroatoms. The standard InChI is InChI=1S/C11H9ClFNS/c12-7-3-4-9(13)8(6-7)11(14)10-2-1-5-15-10/h1-6,11H,14H2. The summed E-state index contributed by atoms with van der Waals surface area (Å²) in [7, 11) is 0. The van der Waals surface area contributed by atoms with E-state index in [1.54, 1.807) is 6.07 Å². The van der Waals surface area contributed by atoms with Crippen molar-refractivity contribution in [3.63, 3.8) is 0 Å². The van der Waals surface area contributed by atoms with E-state index < -0.39 is 6.04 Å². The summed E-state index contributed by atoms with van der Waals surface area (Å²) < 4.78 is 13.5. The van der Waals surface area contributed by atoms with E-state index in [-0.39, 0.29) is 5.82 Å². The largest absolute Gasteiger partial charge is 0.320 e. The zero-order chi connectivity index (χ0) is 10.8. The van der Waals surface area contributed by atoms with Gasteiger partial charge in [-0.05, 0) is 29.6 Å². The first kappa shape index (κ1) is 10.6. The van der Waals surface area contributed by atoms with Gasteiger partial charge in [0.15, 0.2) is 0 Å². The van der Waals surface area contributed by atoms with Gasteiger partial charge in [-0.3, -0.25) is 0 Å². The summed E-state index contributed by atoms with van der Waals surface area (Å²) in [5.41, 5.74) is 6.38. The quantitative estimate of drug-likeness (QED) is 0.855. The molecule has 1 unspecified atom stereocenters. The molecule has 0 aliphatic heterocycles. The van der Waals surface area contributed by atoms with E-state index in [0.29, 0.717) is 10.6 Å². The van der Waals surface area contributed by atoms with Gasteiger partial charge in [-0.1, -0.05) is 17.7 Å². The van der Waals surface area contributed by atoms with Crippen LogP contribution in [-0.4, -0.2) is 0 Å². The molecule has 78 valence electrons. The molecule has 0 saturated carbocycles. The number of halogens is 2. The van der Waals surface area contributed by atoms with E-state index in [1.165, 1.54) is 23.5 Å². The van der Waals surface area contributed by atoms with Crippen molar-refractivity contribution in [1.82, 2.24) is 0 Å². The summed E-state index contributed by atoms with van der Waals surface area (Å²) in [5, 5.41) is 2.41. The molecular weight excluding hydrogens is 233 g/mol. The molecule has 2 N–H and O–H groups in total. The Balaban J connectivity index is 2.41. The molecule has 1 atom stereocenters. The van der Waals surface area contributed by atoms with Gasteiger partial charge < -0.3 is 5.73 Å². The average Bonchev–Trinajstić information content (AvgIpc) is 2.74. The van der Waals surface area contributed by atoms with Crippen molar-refractivity contribution in [3.8, 4) is 0 Å². The number of hydrogen-bond acceptors (Lipinski definition) is 2. The van der Waals surface area contributed by atoms with Gasteiger partial charge in [0.25, 0.3) is 0 Å². The van der Waals surface area contributed by atoms with Gasteiger partial charge in [0.2, 0.25) is 0 Å². The highest BCUT2D eigenvalue weighted by Gasteiger charge is 2.14. The predicted octanol–water partition coefficient (Wildman–Crippen LogP) is 3.59. The molecule has 0 bridgehead atoms. The van der Waals surface area contributed by atoms with Crippen LogP contribution >= 0.6 is 22.9 Å². The summed E-state index contributed by atoms with van der Waals surface area (Å²) >= 11 is 7.31. The van der Waals surface area contributed by atoms with Crippen LogP contribution in [0.2, 0.25) is 5.02 Å². The molecule has 0 saturated heterocycles. The Bertz CT molecular complexity index is 456. The summed E-state index contributed by atoms with van der Waals surface area (Å²) in [4.78, 5) is 0.927. The molecule has 0 radical (unpaired) electrons. The van der Waals surface area contributed by atoms with Gasteiger partial charge in [-0.2, -0.15) is 0 Å². The molecule has 1 aromatic heterocycles. The smallest absolute Gasteiger partial charge is 0.128 e. The van der Waals surface area contributed by atoms with Crippen molar-refractivity contribution in [2.24, 2.45) is 5.73 Å². The molecule has 0 fully saturated rings. The van der Waals surface area contributed by atoms with Crippen molar-refractivity contribution in [2.75, 3.05) is 0 Å². The van der Waals surface area contributed by atoms with Crippen LogP contribution in [0.25, 0.3) is 0 Å². The van der Waals surface area contributed by atoms with Gasteiger partial charge in [0.05, 0.1) is 6.04 Å². The Morgan fingerprint density at radius 3 is 2.80 bits per heavy atom. The fourth-order valence-electron chi connectivity index (χ4n) is 1.37. The molecule has 2 aromatic rings. The second-order valence-corrected chi connectivity index (χ2v) is 4.57. The molecular formula is C11H9ClFNS. The third kappa shape index (κ3) is 2.20. The van der Waals surface area contributed by atoms with E-state index >= 15 is 0 Å². The monoisotopic (exact) mass is 241 g/mol. The molecule has 15 heavy (non-hydrogen) atoms. The minimum absolute atomic E-state index is 0.319. The summed E-state index contributed by atoms with van der Waals surface area (Å²) in [5.74, 6) is -0.319. The number of rotatable bonds is 2. The van der Waals surface area contributed by atoms with Crippen LogP contribution in [0, 0.1) is 5.82 Å². The van der Waals surface area contributed by atoms with Gasteiger partial charge in [0.1, 0.15) is 5.82 Å². The lowest BCUT2D eigenvalue weighted by atomic mass is 10.1. The van der Waals surface area contributed by atoms with Crippen molar-refractivity contribution in [1.29, 1.82) is 0 Å². The third-order valence-corrected chi connectivity index (χ3v) is 3.33. The zero-order valence-electron chi connectivity index (χ0n) is 7.78. The second kappa shape index (κ2) is 4.31. The van der Waals surface area contributed by atoms with Crippen molar-refractivity contribution >= 4 is 22.9 Å². The highest BCUT2D eigenvalue weighted by molar-refractivity contribution is 7.10. The Morgan fingerprint density at radius 1 is 1.33 bits per heavy atom. The molecule has 2 rings (SSSR count). The average molecular weight is 242 g/mol. The number of thiophene rings is 1. The first-order valence-corrected chi connectivity index (χ1v) is 5.68. The minimum atomic E-state index is -0.441. The van der Waals surface area contributed by atoms with Gasteiger partial charge >= 0.3 is 0 Å². The lowest BCUT2D eigenvalue weighted by molar-refractivity contribution is 0.601. The molecule has 1 heterocycles. The first-order chi connectivity index (χ1) is 7.18. The van der Waals surface area contributed by atoms with Gasteiger partial charge in [0, 0.05) is 15.5 Å². The maximum absolute atomic E-state index is 13.5. The highest BCUT2D eigenvalue weighted by Crippen LogP contribution is 2.27. The number of nitrogens with two attached hydrogens (primary N) is 1. The molecule has 0 aliphatic rings.